The summed E-state index contributed by atoms with van der Waals surface area (Å²) in [5, 5.41) is 0. The zero-order valence-corrected chi connectivity index (χ0v) is 8.41. The third kappa shape index (κ3) is 6.69. The van der Waals surface area contributed by atoms with Crippen LogP contribution in [0.15, 0.2) is 0 Å². The lowest BCUT2D eigenvalue weighted by Gasteiger charge is -2.09. The predicted molar refractivity (Wildman–Crippen MR) is 50.6 cm³/mol. The molecule has 0 bridgehead atoms. The van der Waals surface area contributed by atoms with E-state index >= 15 is 0 Å². The molecular weight excluding hydrogens is 170 g/mol. The van der Waals surface area contributed by atoms with Gasteiger partial charge >= 0.3 is 0 Å². The number of methoxy groups -OCH3 is 1. The number of ketones is 1. The standard InChI is InChI=1S/C9H19NO3/c1-3-13-7-9(11)8(10)5-4-6-12-2/h8H,3-7,10H2,1-2H3. The molecule has 0 aromatic rings. The first kappa shape index (κ1) is 12.6. The van der Waals surface area contributed by atoms with Gasteiger partial charge in [-0.25, -0.2) is 0 Å². The molecule has 0 rings (SSSR count). The number of carbonyl (C=O) groups is 1. The van der Waals surface area contributed by atoms with Crippen LogP contribution in [0.3, 0.4) is 0 Å². The van der Waals surface area contributed by atoms with Gasteiger partial charge in [0.15, 0.2) is 5.78 Å². The van der Waals surface area contributed by atoms with Gasteiger partial charge in [-0.1, -0.05) is 0 Å². The molecule has 4 heteroatoms. The quantitative estimate of drug-likeness (QED) is 0.559. The van der Waals surface area contributed by atoms with E-state index in [0.29, 0.717) is 19.6 Å². The van der Waals surface area contributed by atoms with Crippen LogP contribution >= 0.6 is 0 Å². The Labute approximate surface area is 79.4 Å². The van der Waals surface area contributed by atoms with Crippen molar-refractivity contribution in [1.29, 1.82) is 0 Å². The molecule has 0 aliphatic heterocycles. The number of ether oxygens (including phenoxy) is 2. The van der Waals surface area contributed by atoms with Gasteiger partial charge in [0.1, 0.15) is 6.61 Å². The maximum atomic E-state index is 11.2. The fourth-order valence-corrected chi connectivity index (χ4v) is 0.918. The molecule has 0 amide bonds. The predicted octanol–water partition coefficient (Wildman–Crippen LogP) is 0.346. The van der Waals surface area contributed by atoms with E-state index in [-0.39, 0.29) is 12.4 Å². The van der Waals surface area contributed by atoms with E-state index in [1.165, 1.54) is 0 Å². The number of rotatable bonds is 8. The molecule has 78 valence electrons. The molecule has 0 saturated heterocycles. The zero-order chi connectivity index (χ0) is 10.1. The molecular formula is C9H19NO3. The van der Waals surface area contributed by atoms with Gasteiger partial charge in [0.05, 0.1) is 6.04 Å². The minimum absolute atomic E-state index is 0.0297. The summed E-state index contributed by atoms with van der Waals surface area (Å²) in [6.45, 7) is 3.18. The normalized spacial score (nSPS) is 12.8. The van der Waals surface area contributed by atoms with Gasteiger partial charge < -0.3 is 15.2 Å². The Bertz CT molecular complexity index is 139. The van der Waals surface area contributed by atoms with Crippen LogP contribution in [-0.4, -0.2) is 38.8 Å². The van der Waals surface area contributed by atoms with Crippen molar-refractivity contribution in [2.75, 3.05) is 26.9 Å². The monoisotopic (exact) mass is 189 g/mol. The Morgan fingerprint density at radius 2 is 2.23 bits per heavy atom. The molecule has 0 spiro atoms. The van der Waals surface area contributed by atoms with E-state index in [4.69, 9.17) is 15.2 Å². The van der Waals surface area contributed by atoms with Gasteiger partial charge in [-0.15, -0.1) is 0 Å². The maximum absolute atomic E-state index is 11.2. The summed E-state index contributed by atoms with van der Waals surface area (Å²) >= 11 is 0. The zero-order valence-electron chi connectivity index (χ0n) is 8.41. The van der Waals surface area contributed by atoms with E-state index in [1.807, 2.05) is 6.92 Å². The van der Waals surface area contributed by atoms with Crippen molar-refractivity contribution in [3.63, 3.8) is 0 Å². The van der Waals surface area contributed by atoms with Gasteiger partial charge in [0.2, 0.25) is 0 Å². The Kier molecular flexibility index (Phi) is 7.88. The fraction of sp³-hybridized carbons (Fsp3) is 0.889. The molecule has 0 radical (unpaired) electrons. The first-order valence-corrected chi connectivity index (χ1v) is 4.57. The molecule has 4 nitrogen and oxygen atoms in total. The maximum Gasteiger partial charge on any atom is 0.175 e. The molecule has 1 atom stereocenters. The van der Waals surface area contributed by atoms with E-state index in [0.717, 1.165) is 6.42 Å². The first-order chi connectivity index (χ1) is 6.22. The molecule has 2 N–H and O–H groups in total. The highest BCUT2D eigenvalue weighted by molar-refractivity contribution is 5.84. The van der Waals surface area contributed by atoms with Crippen molar-refractivity contribution < 1.29 is 14.3 Å². The molecule has 0 aliphatic carbocycles. The van der Waals surface area contributed by atoms with Crippen LogP contribution in [0.2, 0.25) is 0 Å². The largest absolute Gasteiger partial charge is 0.385 e. The first-order valence-electron chi connectivity index (χ1n) is 4.57. The van der Waals surface area contributed by atoms with Crippen molar-refractivity contribution in [3.05, 3.63) is 0 Å². The average molecular weight is 189 g/mol. The van der Waals surface area contributed by atoms with Crippen LogP contribution in [0, 0.1) is 0 Å². The highest BCUT2D eigenvalue weighted by Crippen LogP contribution is 1.96. The highest BCUT2D eigenvalue weighted by Gasteiger charge is 2.12. The Hall–Kier alpha value is -0.450. The van der Waals surface area contributed by atoms with E-state index in [9.17, 15) is 4.79 Å². The van der Waals surface area contributed by atoms with Crippen LogP contribution in [0.1, 0.15) is 19.8 Å². The van der Waals surface area contributed by atoms with E-state index in [1.54, 1.807) is 7.11 Å². The van der Waals surface area contributed by atoms with Crippen molar-refractivity contribution >= 4 is 5.78 Å². The number of hydrogen-bond acceptors (Lipinski definition) is 4. The summed E-state index contributed by atoms with van der Waals surface area (Å²) < 4.78 is 9.82. The van der Waals surface area contributed by atoms with Crippen molar-refractivity contribution in [3.8, 4) is 0 Å². The molecule has 0 saturated carbocycles. The lowest BCUT2D eigenvalue weighted by molar-refractivity contribution is -0.124. The second-order valence-electron chi connectivity index (χ2n) is 2.84. The minimum atomic E-state index is -0.401. The Balaban J connectivity index is 3.45. The molecule has 1 unspecified atom stereocenters. The molecule has 0 aromatic carbocycles. The lowest BCUT2D eigenvalue weighted by Crippen LogP contribution is -2.33. The number of Topliss-reactive ketones (excluding diaryl/α,β-unsaturated/α-hetero) is 1. The number of carbonyl (C=O) groups excluding carboxylic acids is 1. The van der Waals surface area contributed by atoms with Gasteiger partial charge in [0.25, 0.3) is 0 Å². The van der Waals surface area contributed by atoms with Gasteiger partial charge in [-0.2, -0.15) is 0 Å². The lowest BCUT2D eigenvalue weighted by atomic mass is 10.1. The number of hydrogen-bond donors (Lipinski definition) is 1. The van der Waals surface area contributed by atoms with E-state index in [2.05, 4.69) is 0 Å². The topological polar surface area (TPSA) is 61.5 Å². The van der Waals surface area contributed by atoms with Gasteiger partial charge in [-0.05, 0) is 19.8 Å². The smallest absolute Gasteiger partial charge is 0.175 e. The summed E-state index contributed by atoms with van der Waals surface area (Å²) in [6.07, 6.45) is 1.48. The summed E-state index contributed by atoms with van der Waals surface area (Å²) in [6, 6.07) is -0.401. The van der Waals surface area contributed by atoms with Gasteiger partial charge in [-0.3, -0.25) is 4.79 Å². The second-order valence-corrected chi connectivity index (χ2v) is 2.84. The third-order valence-corrected chi connectivity index (χ3v) is 1.73. The molecule has 13 heavy (non-hydrogen) atoms. The van der Waals surface area contributed by atoms with E-state index < -0.39 is 6.04 Å². The van der Waals surface area contributed by atoms with Crippen LogP contribution in [0.4, 0.5) is 0 Å². The highest BCUT2D eigenvalue weighted by atomic mass is 16.5. The molecule has 0 aromatic heterocycles. The average Bonchev–Trinajstić information content (AvgIpc) is 2.14. The second kappa shape index (κ2) is 8.16. The summed E-state index contributed by atoms with van der Waals surface area (Å²) in [5.41, 5.74) is 5.61. The molecule has 0 heterocycles. The van der Waals surface area contributed by atoms with Crippen LogP contribution in [-0.2, 0) is 14.3 Å². The van der Waals surface area contributed by atoms with Gasteiger partial charge in [0, 0.05) is 20.3 Å². The summed E-state index contributed by atoms with van der Waals surface area (Å²) in [5.74, 6) is -0.0297. The minimum Gasteiger partial charge on any atom is -0.385 e. The Morgan fingerprint density at radius 1 is 1.54 bits per heavy atom. The Morgan fingerprint density at radius 3 is 2.77 bits per heavy atom. The molecule has 0 fully saturated rings. The third-order valence-electron chi connectivity index (χ3n) is 1.73. The van der Waals surface area contributed by atoms with Crippen molar-refractivity contribution in [1.82, 2.24) is 0 Å². The summed E-state index contributed by atoms with van der Waals surface area (Å²) in [7, 11) is 1.63. The molecule has 0 aliphatic rings. The van der Waals surface area contributed by atoms with Crippen LogP contribution < -0.4 is 5.73 Å². The van der Waals surface area contributed by atoms with Crippen LogP contribution in [0.25, 0.3) is 0 Å². The SMILES string of the molecule is CCOCC(=O)C(N)CCCOC. The van der Waals surface area contributed by atoms with Crippen LogP contribution in [0.5, 0.6) is 0 Å². The fourth-order valence-electron chi connectivity index (χ4n) is 0.918. The number of nitrogens with two attached hydrogens (primary N) is 1. The van der Waals surface area contributed by atoms with Crippen molar-refractivity contribution in [2.24, 2.45) is 5.73 Å². The summed E-state index contributed by atoms with van der Waals surface area (Å²) in [4.78, 5) is 11.2. The van der Waals surface area contributed by atoms with Crippen molar-refractivity contribution in [2.45, 2.75) is 25.8 Å².